The van der Waals surface area contributed by atoms with Gasteiger partial charge in [0.25, 0.3) is 0 Å². The average molecular weight is 187 g/mol. The normalized spacial score (nSPS) is 22.0. The van der Waals surface area contributed by atoms with Crippen LogP contribution in [0.15, 0.2) is 23.8 Å². The topological polar surface area (TPSA) is 0 Å². The minimum absolute atomic E-state index is 0.250. The molecule has 0 saturated heterocycles. The molecule has 0 aromatic heterocycles. The Kier molecular flexibility index (Phi) is 7.28. The van der Waals surface area contributed by atoms with Gasteiger partial charge in [0.15, 0.2) is 0 Å². The van der Waals surface area contributed by atoms with Crippen molar-refractivity contribution >= 4 is 11.6 Å². The minimum Gasteiger partial charge on any atom is -0.118 e. The molecule has 0 saturated carbocycles. The first-order valence-corrected chi connectivity index (χ1v) is 5.28. The number of hydrogen-bond donors (Lipinski definition) is 0. The maximum atomic E-state index is 5.92. The van der Waals surface area contributed by atoms with Crippen LogP contribution < -0.4 is 0 Å². The first-order chi connectivity index (χ1) is 5.83. The summed E-state index contributed by atoms with van der Waals surface area (Å²) in [6.07, 6.45) is 9.85. The fourth-order valence-corrected chi connectivity index (χ4v) is 1.28. The van der Waals surface area contributed by atoms with Crippen molar-refractivity contribution in [2.75, 3.05) is 0 Å². The van der Waals surface area contributed by atoms with E-state index in [1.165, 1.54) is 5.57 Å². The Hall–Kier alpha value is -0.230. The van der Waals surface area contributed by atoms with Crippen molar-refractivity contribution in [1.29, 1.82) is 0 Å². The molecule has 0 amide bonds. The van der Waals surface area contributed by atoms with Crippen molar-refractivity contribution in [3.05, 3.63) is 23.8 Å². The average Bonchev–Trinajstić information content (AvgIpc) is 2.33. The van der Waals surface area contributed by atoms with Crippen LogP contribution in [0.5, 0.6) is 0 Å². The third-order valence-corrected chi connectivity index (χ3v) is 2.14. The first kappa shape index (κ1) is 11.8. The van der Waals surface area contributed by atoms with Crippen molar-refractivity contribution in [2.24, 2.45) is 0 Å². The highest BCUT2D eigenvalue weighted by molar-refractivity contribution is 6.21. The van der Waals surface area contributed by atoms with Crippen molar-refractivity contribution < 1.29 is 0 Å². The lowest BCUT2D eigenvalue weighted by Crippen LogP contribution is -1.88. The van der Waals surface area contributed by atoms with E-state index in [1.807, 2.05) is 13.8 Å². The van der Waals surface area contributed by atoms with Crippen LogP contribution in [0, 0.1) is 0 Å². The zero-order valence-corrected chi connectivity index (χ0v) is 9.06. The van der Waals surface area contributed by atoms with Gasteiger partial charge in [-0.3, -0.25) is 0 Å². The predicted molar refractivity (Wildman–Crippen MR) is 57.7 cm³/mol. The van der Waals surface area contributed by atoms with Crippen LogP contribution in [0.4, 0.5) is 0 Å². The second-order valence-electron chi connectivity index (χ2n) is 2.59. The quantitative estimate of drug-likeness (QED) is 0.536. The van der Waals surface area contributed by atoms with Crippen LogP contribution in [0.25, 0.3) is 0 Å². The summed E-state index contributed by atoms with van der Waals surface area (Å²) in [4.78, 5) is 0. The molecule has 0 heterocycles. The predicted octanol–water partition coefficient (Wildman–Crippen LogP) is 4.31. The third-order valence-electron chi connectivity index (χ3n) is 1.78. The molecule has 1 heteroatoms. The van der Waals surface area contributed by atoms with Crippen LogP contribution in [-0.2, 0) is 0 Å². The van der Waals surface area contributed by atoms with Gasteiger partial charge in [-0.1, -0.05) is 44.6 Å². The smallest absolute Gasteiger partial charge is 0.0522 e. The lowest BCUT2D eigenvalue weighted by Gasteiger charge is -1.95. The Labute approximate surface area is 81.3 Å². The highest BCUT2D eigenvalue weighted by Gasteiger charge is 2.01. The highest BCUT2D eigenvalue weighted by Crippen LogP contribution is 2.16. The molecule has 0 N–H and O–H groups in total. The van der Waals surface area contributed by atoms with Crippen LogP contribution in [-0.4, -0.2) is 5.38 Å². The summed E-state index contributed by atoms with van der Waals surface area (Å²) < 4.78 is 0. The molecule has 1 aliphatic rings. The van der Waals surface area contributed by atoms with Crippen molar-refractivity contribution in [3.63, 3.8) is 0 Å². The van der Waals surface area contributed by atoms with Crippen molar-refractivity contribution in [1.82, 2.24) is 0 Å². The molecular weight excluding hydrogens is 168 g/mol. The van der Waals surface area contributed by atoms with Gasteiger partial charge in [-0.05, 0) is 19.3 Å². The fraction of sp³-hybridized carbons (Fsp3) is 0.636. The van der Waals surface area contributed by atoms with Crippen molar-refractivity contribution in [2.45, 2.75) is 45.4 Å². The Bertz CT molecular complexity index is 156. The summed E-state index contributed by atoms with van der Waals surface area (Å²) in [7, 11) is 0. The zero-order chi connectivity index (χ0) is 9.40. The van der Waals surface area contributed by atoms with E-state index in [-0.39, 0.29) is 5.38 Å². The Morgan fingerprint density at radius 3 is 2.75 bits per heavy atom. The lowest BCUT2D eigenvalue weighted by atomic mass is 10.2. The molecule has 1 unspecified atom stereocenters. The van der Waals surface area contributed by atoms with E-state index in [9.17, 15) is 0 Å². The first-order valence-electron chi connectivity index (χ1n) is 4.84. The molecule has 0 aliphatic heterocycles. The molecule has 0 nitrogen and oxygen atoms in total. The standard InChI is InChI=1S/C9H13Cl.C2H6/c1-2-8-4-3-5-9(10)7-6-8;1-2/h4,6-7,9H,2-3,5H2,1H3;1-2H3. The molecule has 1 rings (SSSR count). The summed E-state index contributed by atoms with van der Waals surface area (Å²) >= 11 is 5.92. The van der Waals surface area contributed by atoms with E-state index >= 15 is 0 Å². The summed E-state index contributed by atoms with van der Waals surface area (Å²) in [6, 6.07) is 0. The largest absolute Gasteiger partial charge is 0.118 e. The summed E-state index contributed by atoms with van der Waals surface area (Å²) in [6.45, 7) is 6.17. The van der Waals surface area contributed by atoms with E-state index in [1.54, 1.807) is 0 Å². The number of allylic oxidation sites excluding steroid dienone is 4. The molecule has 70 valence electrons. The third kappa shape index (κ3) is 4.61. The molecule has 1 atom stereocenters. The van der Waals surface area contributed by atoms with Gasteiger partial charge >= 0.3 is 0 Å². The fourth-order valence-electron chi connectivity index (χ4n) is 1.08. The second-order valence-corrected chi connectivity index (χ2v) is 3.15. The number of rotatable bonds is 1. The monoisotopic (exact) mass is 186 g/mol. The van der Waals surface area contributed by atoms with Crippen LogP contribution in [0.1, 0.15) is 40.0 Å². The highest BCUT2D eigenvalue weighted by atomic mass is 35.5. The maximum absolute atomic E-state index is 5.92. The Balaban J connectivity index is 0.000000561. The summed E-state index contributed by atoms with van der Waals surface area (Å²) in [5.74, 6) is 0. The molecule has 0 aromatic rings. The van der Waals surface area contributed by atoms with E-state index in [2.05, 4.69) is 25.2 Å². The van der Waals surface area contributed by atoms with Gasteiger partial charge in [0.05, 0.1) is 5.38 Å². The Morgan fingerprint density at radius 1 is 1.50 bits per heavy atom. The molecule has 0 radical (unpaired) electrons. The van der Waals surface area contributed by atoms with Gasteiger partial charge in [0.1, 0.15) is 0 Å². The number of halogens is 1. The molecule has 12 heavy (non-hydrogen) atoms. The van der Waals surface area contributed by atoms with E-state index in [0.717, 1.165) is 19.3 Å². The molecule has 1 aliphatic carbocycles. The van der Waals surface area contributed by atoms with Crippen LogP contribution in [0.2, 0.25) is 0 Å². The minimum atomic E-state index is 0.250. The zero-order valence-electron chi connectivity index (χ0n) is 8.31. The summed E-state index contributed by atoms with van der Waals surface area (Å²) in [5, 5.41) is 0.250. The molecule has 0 bridgehead atoms. The van der Waals surface area contributed by atoms with Crippen molar-refractivity contribution in [3.8, 4) is 0 Å². The second kappa shape index (κ2) is 7.42. The number of alkyl halides is 1. The SMILES string of the molecule is CC.CCC1=CCCC(Cl)C=C1. The van der Waals surface area contributed by atoms with Gasteiger partial charge < -0.3 is 0 Å². The number of hydrogen-bond acceptors (Lipinski definition) is 0. The van der Waals surface area contributed by atoms with E-state index in [4.69, 9.17) is 11.6 Å². The van der Waals surface area contributed by atoms with Gasteiger partial charge in [-0.15, -0.1) is 11.6 Å². The maximum Gasteiger partial charge on any atom is 0.0522 e. The lowest BCUT2D eigenvalue weighted by molar-refractivity contribution is 0.879. The van der Waals surface area contributed by atoms with Gasteiger partial charge in [0, 0.05) is 0 Å². The van der Waals surface area contributed by atoms with Gasteiger partial charge in [0.2, 0.25) is 0 Å². The van der Waals surface area contributed by atoms with Gasteiger partial charge in [-0.25, -0.2) is 0 Å². The van der Waals surface area contributed by atoms with Crippen LogP contribution >= 0.6 is 11.6 Å². The molecule has 0 fully saturated rings. The molecule has 0 aromatic carbocycles. The molecular formula is C11H19Cl. The summed E-state index contributed by atoms with van der Waals surface area (Å²) in [5.41, 5.74) is 1.42. The Morgan fingerprint density at radius 2 is 2.17 bits per heavy atom. The molecule has 0 spiro atoms. The van der Waals surface area contributed by atoms with Crippen LogP contribution in [0.3, 0.4) is 0 Å². The van der Waals surface area contributed by atoms with E-state index in [0.29, 0.717) is 0 Å². The van der Waals surface area contributed by atoms with E-state index < -0.39 is 0 Å². The van der Waals surface area contributed by atoms with Gasteiger partial charge in [-0.2, -0.15) is 0 Å².